The van der Waals surface area contributed by atoms with Crippen LogP contribution in [0.4, 0.5) is 11.5 Å². The normalized spacial score (nSPS) is 14.0. The number of hydrogen-bond donors (Lipinski definition) is 1. The molecule has 1 fully saturated rings. The van der Waals surface area contributed by atoms with Gasteiger partial charge in [0, 0.05) is 58.2 Å². The van der Waals surface area contributed by atoms with Crippen LogP contribution in [0.2, 0.25) is 0 Å². The molecule has 29 heavy (non-hydrogen) atoms. The second-order valence-electron chi connectivity index (χ2n) is 6.93. The van der Waals surface area contributed by atoms with Crippen molar-refractivity contribution in [3.8, 4) is 5.75 Å². The molecule has 1 saturated heterocycles. The number of aromatic nitrogens is 2. The van der Waals surface area contributed by atoms with E-state index in [4.69, 9.17) is 9.47 Å². The Labute approximate surface area is 171 Å². The molecule has 1 aromatic carbocycles. The van der Waals surface area contributed by atoms with Crippen LogP contribution in [-0.2, 0) is 4.74 Å². The first-order valence-electron chi connectivity index (χ1n) is 9.87. The average molecular weight is 399 g/mol. The SMILES string of the molecule is COCCCNC(=O)c1cc(N2CCN(c3ccc(OC)cc3)CC2)nc(C)n1. The van der Waals surface area contributed by atoms with E-state index in [1.165, 1.54) is 5.69 Å². The Balaban J connectivity index is 1.61. The zero-order chi connectivity index (χ0) is 20.6. The van der Waals surface area contributed by atoms with E-state index >= 15 is 0 Å². The van der Waals surface area contributed by atoms with Gasteiger partial charge in [-0.1, -0.05) is 0 Å². The molecule has 0 atom stereocenters. The third-order valence-electron chi connectivity index (χ3n) is 4.91. The maximum Gasteiger partial charge on any atom is 0.270 e. The molecule has 1 amide bonds. The fourth-order valence-electron chi connectivity index (χ4n) is 3.33. The lowest BCUT2D eigenvalue weighted by Crippen LogP contribution is -2.47. The molecule has 0 bridgehead atoms. The summed E-state index contributed by atoms with van der Waals surface area (Å²) in [5.74, 6) is 2.08. The van der Waals surface area contributed by atoms with Gasteiger partial charge in [0.1, 0.15) is 23.1 Å². The number of nitrogens with one attached hydrogen (secondary N) is 1. The van der Waals surface area contributed by atoms with Crippen LogP contribution in [0.1, 0.15) is 22.7 Å². The fourth-order valence-corrected chi connectivity index (χ4v) is 3.33. The van der Waals surface area contributed by atoms with Crippen molar-refractivity contribution in [3.05, 3.63) is 41.9 Å². The second-order valence-corrected chi connectivity index (χ2v) is 6.93. The zero-order valence-electron chi connectivity index (χ0n) is 17.4. The van der Waals surface area contributed by atoms with E-state index in [0.717, 1.165) is 44.2 Å². The largest absolute Gasteiger partial charge is 0.497 e. The fraction of sp³-hybridized carbons (Fsp3) is 0.476. The smallest absolute Gasteiger partial charge is 0.270 e. The summed E-state index contributed by atoms with van der Waals surface area (Å²) in [4.78, 5) is 25.8. The number of ether oxygens (including phenoxy) is 2. The van der Waals surface area contributed by atoms with Gasteiger partial charge in [0.15, 0.2) is 0 Å². The van der Waals surface area contributed by atoms with Crippen molar-refractivity contribution in [1.82, 2.24) is 15.3 Å². The van der Waals surface area contributed by atoms with Crippen LogP contribution < -0.4 is 19.9 Å². The van der Waals surface area contributed by atoms with E-state index in [0.29, 0.717) is 24.7 Å². The Hall–Kier alpha value is -2.87. The van der Waals surface area contributed by atoms with Gasteiger partial charge in [-0.05, 0) is 37.6 Å². The molecule has 0 radical (unpaired) electrons. The molecule has 0 aliphatic carbocycles. The van der Waals surface area contributed by atoms with Crippen LogP contribution in [0.25, 0.3) is 0 Å². The quantitative estimate of drug-likeness (QED) is 0.679. The first-order valence-corrected chi connectivity index (χ1v) is 9.87. The van der Waals surface area contributed by atoms with Gasteiger partial charge >= 0.3 is 0 Å². The summed E-state index contributed by atoms with van der Waals surface area (Å²) in [5.41, 5.74) is 1.59. The van der Waals surface area contributed by atoms with Gasteiger partial charge in [-0.25, -0.2) is 9.97 Å². The van der Waals surface area contributed by atoms with E-state index in [1.54, 1.807) is 20.3 Å². The molecule has 2 heterocycles. The number of anilines is 2. The van der Waals surface area contributed by atoms with Gasteiger partial charge in [-0.3, -0.25) is 4.79 Å². The van der Waals surface area contributed by atoms with E-state index < -0.39 is 0 Å². The molecule has 1 aliphatic heterocycles. The minimum Gasteiger partial charge on any atom is -0.497 e. The summed E-state index contributed by atoms with van der Waals surface area (Å²) < 4.78 is 10.2. The molecule has 3 rings (SSSR count). The molecule has 1 N–H and O–H groups in total. The summed E-state index contributed by atoms with van der Waals surface area (Å²) in [7, 11) is 3.32. The predicted molar refractivity (Wildman–Crippen MR) is 113 cm³/mol. The van der Waals surface area contributed by atoms with Crippen LogP contribution in [0.3, 0.4) is 0 Å². The molecular formula is C21H29N5O3. The first-order chi connectivity index (χ1) is 14.1. The first kappa shape index (κ1) is 20.9. The van der Waals surface area contributed by atoms with Crippen molar-refractivity contribution in [3.63, 3.8) is 0 Å². The van der Waals surface area contributed by atoms with Crippen molar-refractivity contribution >= 4 is 17.4 Å². The molecule has 0 unspecified atom stereocenters. The van der Waals surface area contributed by atoms with Crippen LogP contribution in [0, 0.1) is 6.92 Å². The van der Waals surface area contributed by atoms with Crippen molar-refractivity contribution in [2.24, 2.45) is 0 Å². The molecule has 0 saturated carbocycles. The van der Waals surface area contributed by atoms with Crippen molar-refractivity contribution in [2.75, 3.05) is 63.4 Å². The van der Waals surface area contributed by atoms with Crippen LogP contribution in [0.15, 0.2) is 30.3 Å². The van der Waals surface area contributed by atoms with Gasteiger partial charge in [0.25, 0.3) is 5.91 Å². The Morgan fingerprint density at radius 3 is 2.41 bits per heavy atom. The predicted octanol–water partition coefficient (Wildman–Crippen LogP) is 1.89. The van der Waals surface area contributed by atoms with Crippen LogP contribution in [-0.4, -0.2) is 69.4 Å². The average Bonchev–Trinajstić information content (AvgIpc) is 2.76. The summed E-state index contributed by atoms with van der Waals surface area (Å²) in [6.45, 7) is 6.42. The molecule has 1 aromatic heterocycles. The molecule has 8 nitrogen and oxygen atoms in total. The maximum atomic E-state index is 12.4. The number of carbonyl (C=O) groups is 1. The second kappa shape index (κ2) is 10.1. The zero-order valence-corrected chi connectivity index (χ0v) is 17.4. The molecule has 0 spiro atoms. The van der Waals surface area contributed by atoms with Crippen LogP contribution >= 0.6 is 0 Å². The van der Waals surface area contributed by atoms with Gasteiger partial charge < -0.3 is 24.6 Å². The highest BCUT2D eigenvalue weighted by atomic mass is 16.5. The van der Waals surface area contributed by atoms with E-state index in [1.807, 2.05) is 19.1 Å². The van der Waals surface area contributed by atoms with Gasteiger partial charge in [0.2, 0.25) is 0 Å². The summed E-state index contributed by atoms with van der Waals surface area (Å²) >= 11 is 0. The number of nitrogens with zero attached hydrogens (tertiary/aromatic N) is 4. The number of benzene rings is 1. The number of hydrogen-bond acceptors (Lipinski definition) is 7. The number of carbonyl (C=O) groups excluding carboxylic acids is 1. The lowest BCUT2D eigenvalue weighted by molar-refractivity contribution is 0.0943. The number of piperazine rings is 1. The summed E-state index contributed by atoms with van der Waals surface area (Å²) in [6.07, 6.45) is 0.770. The van der Waals surface area contributed by atoms with Gasteiger partial charge in [0.05, 0.1) is 7.11 Å². The number of methoxy groups -OCH3 is 2. The Bertz CT molecular complexity index is 804. The minimum absolute atomic E-state index is 0.176. The van der Waals surface area contributed by atoms with Crippen molar-refractivity contribution in [2.45, 2.75) is 13.3 Å². The maximum absolute atomic E-state index is 12.4. The lowest BCUT2D eigenvalue weighted by atomic mass is 10.2. The topological polar surface area (TPSA) is 79.8 Å². The standard InChI is InChI=1S/C21H29N5O3/c1-16-23-19(21(27)22-9-4-14-28-2)15-20(24-16)26-12-10-25(11-13-26)17-5-7-18(29-3)8-6-17/h5-8,15H,4,9-14H2,1-3H3,(H,22,27). The van der Waals surface area contributed by atoms with Crippen LogP contribution in [0.5, 0.6) is 5.75 Å². The third kappa shape index (κ3) is 5.57. The lowest BCUT2D eigenvalue weighted by Gasteiger charge is -2.36. The highest BCUT2D eigenvalue weighted by molar-refractivity contribution is 5.92. The highest BCUT2D eigenvalue weighted by Crippen LogP contribution is 2.22. The van der Waals surface area contributed by atoms with Gasteiger partial charge in [-0.2, -0.15) is 0 Å². The monoisotopic (exact) mass is 399 g/mol. The minimum atomic E-state index is -0.176. The van der Waals surface area contributed by atoms with E-state index in [9.17, 15) is 4.79 Å². The number of rotatable bonds is 8. The molecule has 8 heteroatoms. The summed E-state index contributed by atoms with van der Waals surface area (Å²) in [6, 6.07) is 9.90. The highest BCUT2D eigenvalue weighted by Gasteiger charge is 2.20. The molecule has 1 aliphatic rings. The van der Waals surface area contributed by atoms with Crippen molar-refractivity contribution < 1.29 is 14.3 Å². The summed E-state index contributed by atoms with van der Waals surface area (Å²) in [5, 5.41) is 2.88. The van der Waals surface area contributed by atoms with E-state index in [-0.39, 0.29) is 5.91 Å². The van der Waals surface area contributed by atoms with Gasteiger partial charge in [-0.15, -0.1) is 0 Å². The molecular weight excluding hydrogens is 370 g/mol. The number of amides is 1. The Kier molecular flexibility index (Phi) is 7.24. The Morgan fingerprint density at radius 1 is 1.07 bits per heavy atom. The van der Waals surface area contributed by atoms with E-state index in [2.05, 4.69) is 37.2 Å². The van der Waals surface area contributed by atoms with Crippen molar-refractivity contribution in [1.29, 1.82) is 0 Å². The molecule has 156 valence electrons. The molecule has 2 aromatic rings. The number of aryl methyl sites for hydroxylation is 1. The third-order valence-corrected chi connectivity index (χ3v) is 4.91. The Morgan fingerprint density at radius 2 is 1.76 bits per heavy atom.